The molecule has 30 heavy (non-hydrogen) atoms. The lowest BCUT2D eigenvalue weighted by molar-refractivity contribution is -0.142. The Bertz CT molecular complexity index is 851. The summed E-state index contributed by atoms with van der Waals surface area (Å²) in [5.41, 5.74) is 0.353. The predicted molar refractivity (Wildman–Crippen MR) is 117 cm³/mol. The predicted octanol–water partition coefficient (Wildman–Crippen LogP) is 4.30. The molecule has 1 aromatic rings. The maximum absolute atomic E-state index is 14.5. The van der Waals surface area contributed by atoms with Crippen LogP contribution in [0.5, 0.6) is 0 Å². The van der Waals surface area contributed by atoms with Gasteiger partial charge < -0.3 is 4.90 Å². The molecule has 2 fully saturated rings. The second kappa shape index (κ2) is 9.53. The van der Waals surface area contributed by atoms with Gasteiger partial charge in [0.25, 0.3) is 0 Å². The van der Waals surface area contributed by atoms with E-state index in [-0.39, 0.29) is 24.4 Å². The first-order valence-corrected chi connectivity index (χ1v) is 13.0. The third-order valence-corrected chi connectivity index (χ3v) is 8.67. The number of nitrogens with zero attached hydrogens (tertiary/aromatic N) is 2. The third kappa shape index (κ3) is 5.17. The zero-order valence-corrected chi connectivity index (χ0v) is 19.6. The molecule has 0 unspecified atom stereocenters. The summed E-state index contributed by atoms with van der Waals surface area (Å²) < 4.78 is 39.6. The summed E-state index contributed by atoms with van der Waals surface area (Å²) in [5, 5.41) is 0.330. The monoisotopic (exact) mass is 458 g/mol. The minimum Gasteiger partial charge on any atom is -0.335 e. The van der Waals surface area contributed by atoms with Gasteiger partial charge in [-0.05, 0) is 43.2 Å². The minimum atomic E-state index is -3.25. The zero-order chi connectivity index (χ0) is 22.1. The maximum atomic E-state index is 14.5. The first-order valence-electron chi connectivity index (χ1n) is 10.8. The number of carbonyl (C=O) groups excluding carboxylic acids is 1. The van der Waals surface area contributed by atoms with Crippen molar-refractivity contribution in [3.63, 3.8) is 0 Å². The lowest BCUT2D eigenvalue weighted by Crippen LogP contribution is -2.51. The van der Waals surface area contributed by atoms with Crippen molar-refractivity contribution in [3.8, 4) is 0 Å². The van der Waals surface area contributed by atoms with Crippen LogP contribution in [0.1, 0.15) is 51.5 Å². The van der Waals surface area contributed by atoms with Gasteiger partial charge >= 0.3 is 0 Å². The molecule has 1 aliphatic carbocycles. The zero-order valence-electron chi connectivity index (χ0n) is 18.0. The lowest BCUT2D eigenvalue weighted by atomic mass is 9.76. The van der Waals surface area contributed by atoms with Crippen molar-refractivity contribution in [2.24, 2.45) is 17.8 Å². The Morgan fingerprint density at radius 1 is 1.20 bits per heavy atom. The van der Waals surface area contributed by atoms with Gasteiger partial charge in [0.05, 0.1) is 12.8 Å². The highest BCUT2D eigenvalue weighted by molar-refractivity contribution is 7.88. The molecule has 8 heteroatoms. The smallest absolute Gasteiger partial charge is 0.226 e. The molecule has 1 amide bonds. The summed E-state index contributed by atoms with van der Waals surface area (Å²) >= 11 is 6.29. The highest BCUT2D eigenvalue weighted by atomic mass is 35.5. The summed E-state index contributed by atoms with van der Waals surface area (Å²) in [6, 6.07) is 4.63. The fraction of sp³-hybridized carbons (Fsp3) is 0.682. The quantitative estimate of drug-likeness (QED) is 0.660. The fourth-order valence-corrected chi connectivity index (χ4v) is 5.97. The highest BCUT2D eigenvalue weighted by Gasteiger charge is 2.38. The molecule has 1 saturated carbocycles. The second-order valence-corrected chi connectivity index (χ2v) is 11.3. The molecule has 5 nitrogen and oxygen atoms in total. The van der Waals surface area contributed by atoms with Crippen LogP contribution in [0.2, 0.25) is 5.02 Å². The second-order valence-electron chi connectivity index (χ2n) is 8.94. The summed E-state index contributed by atoms with van der Waals surface area (Å²) in [6.07, 6.45) is 5.25. The van der Waals surface area contributed by atoms with Crippen LogP contribution in [-0.2, 0) is 21.4 Å². The van der Waals surface area contributed by atoms with E-state index in [0.717, 1.165) is 19.3 Å². The molecule has 1 aromatic carbocycles. The molecule has 0 aromatic heterocycles. The molecule has 1 aliphatic heterocycles. The number of piperidine rings is 1. The van der Waals surface area contributed by atoms with Gasteiger partial charge in [-0.2, -0.15) is 0 Å². The van der Waals surface area contributed by atoms with Crippen LogP contribution < -0.4 is 0 Å². The lowest BCUT2D eigenvalue weighted by Gasteiger charge is -2.44. The van der Waals surface area contributed by atoms with E-state index in [9.17, 15) is 17.6 Å². The molecule has 0 N–H and O–H groups in total. The number of hydrogen-bond acceptors (Lipinski definition) is 3. The van der Waals surface area contributed by atoms with Crippen LogP contribution in [0.25, 0.3) is 0 Å². The molecule has 1 saturated heterocycles. The average molecular weight is 459 g/mol. The Balaban J connectivity index is 1.85. The standard InChI is InChI=1S/C22H32ClFN2O3S/c1-15-6-4-9-21(16(15)2)26(14-18-19(23)7-5-8-20(18)24)22(27)17-10-12-25(13-11-17)30(3,28)29/h5,7-8,15-17,21H,4,6,9-14H2,1-3H3/t15-,16-,21-/m1/s1. The summed E-state index contributed by atoms with van der Waals surface area (Å²) in [6.45, 7) is 5.23. The first-order chi connectivity index (χ1) is 14.1. The topological polar surface area (TPSA) is 57.7 Å². The van der Waals surface area contributed by atoms with E-state index in [4.69, 9.17) is 11.6 Å². The van der Waals surface area contributed by atoms with Gasteiger partial charge in [-0.1, -0.05) is 44.4 Å². The molecular formula is C22H32ClFN2O3S. The van der Waals surface area contributed by atoms with Gasteiger partial charge in [-0.15, -0.1) is 0 Å². The van der Waals surface area contributed by atoms with Crippen molar-refractivity contribution in [3.05, 3.63) is 34.6 Å². The maximum Gasteiger partial charge on any atom is 0.226 e. The minimum absolute atomic E-state index is 0.00609. The van der Waals surface area contributed by atoms with Gasteiger partial charge in [-0.25, -0.2) is 17.1 Å². The Hall–Kier alpha value is -1.18. The first kappa shape index (κ1) is 23.5. The summed E-state index contributed by atoms with van der Waals surface area (Å²) in [7, 11) is -3.25. The summed E-state index contributed by atoms with van der Waals surface area (Å²) in [5.74, 6) is 0.140. The van der Waals surface area contributed by atoms with Crippen LogP contribution in [0.4, 0.5) is 4.39 Å². The van der Waals surface area contributed by atoms with E-state index in [1.54, 1.807) is 12.1 Å². The largest absolute Gasteiger partial charge is 0.335 e. The number of benzene rings is 1. The van der Waals surface area contributed by atoms with Crippen molar-refractivity contribution < 1.29 is 17.6 Å². The molecule has 0 radical (unpaired) electrons. The van der Waals surface area contributed by atoms with E-state index in [2.05, 4.69) is 13.8 Å². The van der Waals surface area contributed by atoms with E-state index in [1.165, 1.54) is 16.6 Å². The molecule has 3 atom stereocenters. The Kier molecular flexibility index (Phi) is 7.46. The van der Waals surface area contributed by atoms with Crippen LogP contribution in [0.15, 0.2) is 18.2 Å². The molecule has 168 valence electrons. The van der Waals surface area contributed by atoms with Gasteiger partial charge in [0.1, 0.15) is 5.82 Å². The van der Waals surface area contributed by atoms with Gasteiger partial charge in [0, 0.05) is 35.6 Å². The molecule has 0 bridgehead atoms. The van der Waals surface area contributed by atoms with E-state index < -0.39 is 15.8 Å². The Morgan fingerprint density at radius 2 is 1.87 bits per heavy atom. The number of hydrogen-bond donors (Lipinski definition) is 0. The van der Waals surface area contributed by atoms with E-state index in [0.29, 0.717) is 48.4 Å². The van der Waals surface area contributed by atoms with E-state index >= 15 is 0 Å². The van der Waals surface area contributed by atoms with Gasteiger partial charge in [-0.3, -0.25) is 4.79 Å². The molecule has 3 rings (SSSR count). The van der Waals surface area contributed by atoms with Crippen molar-refractivity contribution in [1.82, 2.24) is 9.21 Å². The van der Waals surface area contributed by atoms with Crippen LogP contribution in [0.3, 0.4) is 0 Å². The SMILES string of the molecule is C[C@@H]1[C@H](C)CCC[C@H]1N(Cc1c(F)cccc1Cl)C(=O)C1CCN(S(C)(=O)=O)CC1. The van der Waals surface area contributed by atoms with Gasteiger partial charge in [0.15, 0.2) is 0 Å². The Morgan fingerprint density at radius 3 is 2.47 bits per heavy atom. The van der Waals surface area contributed by atoms with E-state index in [1.807, 2.05) is 4.90 Å². The van der Waals surface area contributed by atoms with Crippen LogP contribution in [0, 0.1) is 23.6 Å². The average Bonchev–Trinajstić information content (AvgIpc) is 2.69. The highest BCUT2D eigenvalue weighted by Crippen LogP contribution is 2.36. The summed E-state index contributed by atoms with van der Waals surface area (Å²) in [4.78, 5) is 15.5. The number of carbonyl (C=O) groups is 1. The number of halogens is 2. The van der Waals surface area contributed by atoms with Crippen LogP contribution >= 0.6 is 11.6 Å². The Labute approximate surface area is 184 Å². The van der Waals surface area contributed by atoms with Crippen molar-refractivity contribution in [2.45, 2.75) is 58.5 Å². The molecule has 1 heterocycles. The van der Waals surface area contributed by atoms with Gasteiger partial charge in [0.2, 0.25) is 15.9 Å². The van der Waals surface area contributed by atoms with Crippen molar-refractivity contribution in [2.75, 3.05) is 19.3 Å². The fourth-order valence-electron chi connectivity index (χ4n) is 4.87. The number of sulfonamides is 1. The molecule has 0 spiro atoms. The molecular weight excluding hydrogens is 427 g/mol. The normalized spacial score (nSPS) is 26.5. The van der Waals surface area contributed by atoms with Crippen molar-refractivity contribution in [1.29, 1.82) is 0 Å². The van der Waals surface area contributed by atoms with Crippen molar-refractivity contribution >= 4 is 27.5 Å². The molecule has 2 aliphatic rings. The van der Waals surface area contributed by atoms with Crippen LogP contribution in [-0.4, -0.2) is 48.9 Å². The number of amides is 1. The third-order valence-electron chi connectivity index (χ3n) is 7.01. The number of rotatable bonds is 5.